The van der Waals surface area contributed by atoms with Gasteiger partial charge in [0.05, 0.1) is 0 Å². The SMILES string of the molecule is C=CC(=O)Oc1ccc2c3cc4cccc-4c-3cc1-2. The van der Waals surface area contributed by atoms with E-state index in [2.05, 4.69) is 36.9 Å². The second-order valence-electron chi connectivity index (χ2n) is 4.66. The highest BCUT2D eigenvalue weighted by Gasteiger charge is 2.26. The van der Waals surface area contributed by atoms with Gasteiger partial charge in [-0.3, -0.25) is 0 Å². The number of hydrogen-bond acceptors (Lipinski definition) is 2. The van der Waals surface area contributed by atoms with Gasteiger partial charge >= 0.3 is 5.97 Å². The fraction of sp³-hybridized carbons (Fsp3) is 0. The first-order valence-corrected chi connectivity index (χ1v) is 6.12. The van der Waals surface area contributed by atoms with Gasteiger partial charge in [0.15, 0.2) is 0 Å². The van der Waals surface area contributed by atoms with Crippen LogP contribution >= 0.6 is 0 Å². The molecule has 0 N–H and O–H groups in total. The van der Waals surface area contributed by atoms with E-state index in [0.717, 1.165) is 11.1 Å². The molecule has 4 aliphatic rings. The Hall–Kier alpha value is -2.61. The third-order valence-electron chi connectivity index (χ3n) is 3.64. The van der Waals surface area contributed by atoms with E-state index in [1.807, 2.05) is 12.1 Å². The van der Waals surface area contributed by atoms with E-state index in [0.29, 0.717) is 5.75 Å². The molecule has 0 saturated heterocycles. The molecule has 0 spiro atoms. The zero-order valence-electron chi connectivity index (χ0n) is 10.1. The summed E-state index contributed by atoms with van der Waals surface area (Å²) in [6.07, 6.45) is 1.18. The minimum absolute atomic E-state index is 0.424. The average molecular weight is 246 g/mol. The van der Waals surface area contributed by atoms with Gasteiger partial charge in [-0.2, -0.15) is 0 Å². The molecule has 0 saturated carbocycles. The van der Waals surface area contributed by atoms with Crippen molar-refractivity contribution in [1.29, 1.82) is 0 Å². The van der Waals surface area contributed by atoms with E-state index in [9.17, 15) is 4.79 Å². The van der Waals surface area contributed by atoms with Crippen molar-refractivity contribution in [3.63, 3.8) is 0 Å². The van der Waals surface area contributed by atoms with Crippen LogP contribution in [0.4, 0.5) is 0 Å². The topological polar surface area (TPSA) is 26.3 Å². The number of rotatable bonds is 2. The van der Waals surface area contributed by atoms with Crippen molar-refractivity contribution in [2.45, 2.75) is 0 Å². The van der Waals surface area contributed by atoms with Crippen LogP contribution in [0.15, 0.2) is 55.1 Å². The van der Waals surface area contributed by atoms with Crippen LogP contribution in [-0.4, -0.2) is 5.97 Å². The molecule has 0 heterocycles. The maximum Gasteiger partial charge on any atom is 0.335 e. The van der Waals surface area contributed by atoms with E-state index in [1.165, 1.54) is 28.3 Å². The zero-order chi connectivity index (χ0) is 13.0. The average Bonchev–Trinajstić information content (AvgIpc) is 3.09. The molecule has 2 nitrogen and oxygen atoms in total. The lowest BCUT2D eigenvalue weighted by molar-refractivity contribution is -0.128. The van der Waals surface area contributed by atoms with E-state index < -0.39 is 5.97 Å². The fourth-order valence-corrected chi connectivity index (χ4v) is 2.80. The second-order valence-corrected chi connectivity index (χ2v) is 4.66. The first-order chi connectivity index (χ1) is 9.28. The third kappa shape index (κ3) is 1.28. The molecular formula is C17H10O2. The van der Waals surface area contributed by atoms with Gasteiger partial charge in [0.1, 0.15) is 5.75 Å². The van der Waals surface area contributed by atoms with E-state index in [1.54, 1.807) is 0 Å². The molecule has 0 aliphatic heterocycles. The maximum absolute atomic E-state index is 11.3. The van der Waals surface area contributed by atoms with Crippen LogP contribution in [0.3, 0.4) is 0 Å². The summed E-state index contributed by atoms with van der Waals surface area (Å²) < 4.78 is 5.25. The minimum Gasteiger partial charge on any atom is -0.423 e. The highest BCUT2D eigenvalue weighted by atomic mass is 16.5. The van der Waals surface area contributed by atoms with Crippen molar-refractivity contribution in [2.24, 2.45) is 0 Å². The molecule has 90 valence electrons. The Morgan fingerprint density at radius 2 is 1.79 bits per heavy atom. The molecule has 19 heavy (non-hydrogen) atoms. The molecule has 0 amide bonds. The second kappa shape index (κ2) is 3.45. The van der Waals surface area contributed by atoms with Crippen LogP contribution in [0.5, 0.6) is 5.75 Å². The predicted octanol–water partition coefficient (Wildman–Crippen LogP) is 3.97. The maximum atomic E-state index is 11.3. The summed E-state index contributed by atoms with van der Waals surface area (Å²) in [5.41, 5.74) is 7.09. The molecule has 0 fully saturated rings. The summed E-state index contributed by atoms with van der Waals surface area (Å²) >= 11 is 0. The quantitative estimate of drug-likeness (QED) is 0.395. The number of carbonyl (C=O) groups excluding carboxylic acids is 1. The van der Waals surface area contributed by atoms with Gasteiger partial charge in [0, 0.05) is 11.6 Å². The minimum atomic E-state index is -0.424. The molecule has 0 bridgehead atoms. The largest absolute Gasteiger partial charge is 0.423 e. The van der Waals surface area contributed by atoms with Gasteiger partial charge < -0.3 is 4.74 Å². The molecule has 0 aromatic rings. The first-order valence-electron chi connectivity index (χ1n) is 6.12. The Morgan fingerprint density at radius 3 is 2.63 bits per heavy atom. The standard InChI is InChI=1S/C17H10O2/c1-2-17(18)19-16-7-6-12-13-8-10-4-3-5-11(10)14(13)9-15(12)16/h2-9H,1H2. The number of hydrogen-bond donors (Lipinski definition) is 0. The Balaban J connectivity index is 1.90. The number of esters is 1. The molecule has 0 aromatic heterocycles. The fourth-order valence-electron chi connectivity index (χ4n) is 2.80. The van der Waals surface area contributed by atoms with Gasteiger partial charge in [-0.25, -0.2) is 4.79 Å². The smallest absolute Gasteiger partial charge is 0.335 e. The van der Waals surface area contributed by atoms with Crippen LogP contribution < -0.4 is 4.74 Å². The van der Waals surface area contributed by atoms with Crippen molar-refractivity contribution in [1.82, 2.24) is 0 Å². The summed E-state index contributed by atoms with van der Waals surface area (Å²) in [7, 11) is 0. The Labute approximate surface area is 110 Å². The predicted molar refractivity (Wildman–Crippen MR) is 74.5 cm³/mol. The molecule has 0 aromatic carbocycles. The summed E-state index contributed by atoms with van der Waals surface area (Å²) in [6.45, 7) is 3.41. The Morgan fingerprint density at radius 1 is 0.947 bits per heavy atom. The molecular weight excluding hydrogens is 236 g/mol. The van der Waals surface area contributed by atoms with Crippen LogP contribution in [0, 0.1) is 0 Å². The molecule has 0 radical (unpaired) electrons. The van der Waals surface area contributed by atoms with Crippen molar-refractivity contribution < 1.29 is 9.53 Å². The van der Waals surface area contributed by atoms with E-state index in [4.69, 9.17) is 4.74 Å². The lowest BCUT2D eigenvalue weighted by Gasteiger charge is -1.99. The van der Waals surface area contributed by atoms with Gasteiger partial charge in [-0.05, 0) is 52.1 Å². The lowest BCUT2D eigenvalue weighted by Crippen LogP contribution is -2.02. The van der Waals surface area contributed by atoms with E-state index >= 15 is 0 Å². The molecule has 0 unspecified atom stereocenters. The zero-order valence-corrected chi connectivity index (χ0v) is 10.1. The summed E-state index contributed by atoms with van der Waals surface area (Å²) in [5, 5.41) is 0. The summed E-state index contributed by atoms with van der Waals surface area (Å²) in [6, 6.07) is 14.4. The van der Waals surface area contributed by atoms with Gasteiger partial charge in [-0.1, -0.05) is 24.8 Å². The van der Waals surface area contributed by atoms with Crippen LogP contribution in [0.25, 0.3) is 33.4 Å². The van der Waals surface area contributed by atoms with E-state index in [-0.39, 0.29) is 0 Å². The van der Waals surface area contributed by atoms with Crippen molar-refractivity contribution >= 4 is 5.97 Å². The Kier molecular flexibility index (Phi) is 1.88. The highest BCUT2D eigenvalue weighted by molar-refractivity contribution is 6.05. The summed E-state index contributed by atoms with van der Waals surface area (Å²) in [4.78, 5) is 11.3. The number of ether oxygens (including phenoxy) is 1. The molecule has 4 aliphatic carbocycles. The van der Waals surface area contributed by atoms with Crippen molar-refractivity contribution in [3.8, 4) is 39.1 Å². The van der Waals surface area contributed by atoms with Gasteiger partial charge in [-0.15, -0.1) is 0 Å². The van der Waals surface area contributed by atoms with Gasteiger partial charge in [0.2, 0.25) is 0 Å². The Bertz CT molecular complexity index is 786. The normalized spacial score (nSPS) is 11.6. The molecule has 4 rings (SSSR count). The highest BCUT2D eigenvalue weighted by Crippen LogP contribution is 2.52. The molecule has 0 atom stereocenters. The van der Waals surface area contributed by atoms with Crippen LogP contribution in [0.1, 0.15) is 0 Å². The monoisotopic (exact) mass is 246 g/mol. The lowest BCUT2D eigenvalue weighted by atomic mass is 10.1. The van der Waals surface area contributed by atoms with Crippen LogP contribution in [0.2, 0.25) is 0 Å². The number of carbonyl (C=O) groups is 1. The molecule has 2 heteroatoms. The third-order valence-corrected chi connectivity index (χ3v) is 3.64. The number of fused-ring (bicyclic) bond motifs is 5. The van der Waals surface area contributed by atoms with Crippen LogP contribution in [-0.2, 0) is 4.79 Å². The van der Waals surface area contributed by atoms with Gasteiger partial charge in [0.25, 0.3) is 0 Å². The van der Waals surface area contributed by atoms with Crippen molar-refractivity contribution in [3.05, 3.63) is 55.1 Å². The van der Waals surface area contributed by atoms with Crippen molar-refractivity contribution in [2.75, 3.05) is 0 Å². The first kappa shape index (κ1) is 10.3. The summed E-state index contributed by atoms with van der Waals surface area (Å²) in [5.74, 6) is 0.183.